The van der Waals surface area contributed by atoms with Crippen LogP contribution in [0.4, 0.5) is 0 Å². The molecule has 0 aliphatic heterocycles. The van der Waals surface area contributed by atoms with E-state index in [0.29, 0.717) is 17.2 Å². The summed E-state index contributed by atoms with van der Waals surface area (Å²) in [5, 5.41) is 6.27. The van der Waals surface area contributed by atoms with Crippen LogP contribution in [-0.4, -0.2) is 11.3 Å². The van der Waals surface area contributed by atoms with E-state index < -0.39 is 15.8 Å². The molecule has 4 aromatic carbocycles. The first kappa shape index (κ1) is 43.2. The van der Waals surface area contributed by atoms with Gasteiger partial charge in [-0.3, -0.25) is 0 Å². The summed E-state index contributed by atoms with van der Waals surface area (Å²) in [6.45, 7) is 20.8. The second kappa shape index (κ2) is 19.6. The van der Waals surface area contributed by atoms with Crippen LogP contribution >= 0.6 is 15.8 Å². The zero-order chi connectivity index (χ0) is 33.0. The van der Waals surface area contributed by atoms with Crippen LogP contribution in [0.3, 0.4) is 0 Å². The minimum Gasteiger partial charge on any atom is -0.358 e. The van der Waals surface area contributed by atoms with Crippen LogP contribution in [0.1, 0.15) is 90.0 Å². The van der Waals surface area contributed by atoms with E-state index in [1.807, 2.05) is 0 Å². The Kier molecular flexibility index (Phi) is 17.2. The van der Waals surface area contributed by atoms with Gasteiger partial charge in [-0.15, -0.1) is 0 Å². The molecule has 264 valence electrons. The molecule has 2 aliphatic carbocycles. The Labute approximate surface area is 315 Å². The topological polar surface area (TPSA) is 0 Å². The van der Waals surface area contributed by atoms with Gasteiger partial charge in [0.15, 0.2) is 0 Å². The largest absolute Gasteiger partial charge is 2.00 e. The number of benzene rings is 4. The molecule has 0 amide bonds. The maximum atomic E-state index is 2.61. The molecule has 3 atom stereocenters. The first-order chi connectivity index (χ1) is 22.0. The van der Waals surface area contributed by atoms with E-state index in [2.05, 4.69) is 147 Å². The van der Waals surface area contributed by atoms with Gasteiger partial charge in [0.2, 0.25) is 0 Å². The summed E-state index contributed by atoms with van der Waals surface area (Å²) in [5.74, 6) is 0.704. The molecule has 0 radical (unpaired) electrons. The fraction of sp³-hybridized carbons (Fsp3) is 0.391. The quantitative estimate of drug-likeness (QED) is 0.0768. The Morgan fingerprint density at radius 1 is 0.469 bits per heavy atom. The molecular weight excluding hydrogens is 670 g/mol. The summed E-state index contributed by atoms with van der Waals surface area (Å²) in [6.07, 6.45) is 12.5. The van der Waals surface area contributed by atoms with Gasteiger partial charge >= 0.3 is 17.1 Å². The van der Waals surface area contributed by atoms with Crippen molar-refractivity contribution in [3.63, 3.8) is 0 Å². The maximum absolute atomic E-state index is 2.61. The summed E-state index contributed by atoms with van der Waals surface area (Å²) >= 11 is 0. The van der Waals surface area contributed by atoms with Crippen molar-refractivity contribution in [1.29, 1.82) is 0 Å². The SMILES string of the molecule is C1=CCCC1.Cc1cc(C)cc(P(c2cc(C)cc(C)c2)C2CCCC2[C@@H](C)P(c2cc(C)cc(C)c2)c2cc(C)cc(C)c2)c1.[CH3-].[CH3-].[Fe+2]. The molecule has 3 heteroatoms. The zero-order valence-electron chi connectivity index (χ0n) is 32.3. The fourth-order valence-corrected chi connectivity index (χ4v) is 15.3. The fourth-order valence-electron chi connectivity index (χ4n) is 8.14. The van der Waals surface area contributed by atoms with Crippen molar-refractivity contribution >= 4 is 37.1 Å². The summed E-state index contributed by atoms with van der Waals surface area (Å²) in [7, 11) is -0.957. The standard InChI is InChI=1S/C39H48P2.C5H8.2CH3.Fe/c1-25-13-26(2)18-34(17-25)40(35-19-27(3)14-28(4)20-35)33(9)38-11-10-12-39(38)41(36-21-29(5)15-30(6)22-36)37-23-31(7)16-32(8)24-37;1-2-4-5-3-1;;;/h13-24,33,38-39H,10-12H2,1-9H3;1-2H,3-5H2;2*1H3;/q;;2*-1;+2/t33-,38?,39?;;;;/m1..../s1. The van der Waals surface area contributed by atoms with Crippen LogP contribution in [-0.2, 0) is 17.1 Å². The van der Waals surface area contributed by atoms with Gasteiger partial charge in [-0.25, -0.2) is 0 Å². The Morgan fingerprint density at radius 2 is 0.796 bits per heavy atom. The Bertz CT molecular complexity index is 1490. The van der Waals surface area contributed by atoms with Crippen LogP contribution in [0.15, 0.2) is 84.9 Å². The molecule has 0 nitrogen and oxygen atoms in total. The van der Waals surface area contributed by atoms with Gasteiger partial charge in [0.25, 0.3) is 0 Å². The van der Waals surface area contributed by atoms with Gasteiger partial charge in [-0.2, -0.15) is 0 Å². The van der Waals surface area contributed by atoms with Gasteiger partial charge in [-0.1, -0.05) is 143 Å². The molecule has 2 unspecified atom stereocenters. The van der Waals surface area contributed by atoms with E-state index in [1.54, 1.807) is 21.2 Å². The molecule has 1 saturated carbocycles. The summed E-state index contributed by atoms with van der Waals surface area (Å²) in [5.41, 5.74) is 12.4. The van der Waals surface area contributed by atoms with Crippen LogP contribution in [0, 0.1) is 76.2 Å². The van der Waals surface area contributed by atoms with Gasteiger partial charge in [0.1, 0.15) is 0 Å². The Morgan fingerprint density at radius 3 is 1.10 bits per heavy atom. The molecule has 0 bridgehead atoms. The maximum Gasteiger partial charge on any atom is 2.00 e. The molecule has 0 spiro atoms. The third-order valence-corrected chi connectivity index (χ3v) is 15.5. The van der Waals surface area contributed by atoms with Crippen molar-refractivity contribution in [1.82, 2.24) is 0 Å². The smallest absolute Gasteiger partial charge is 0.358 e. The Balaban J connectivity index is 0.000000956. The molecule has 6 rings (SSSR count). The second-order valence-electron chi connectivity index (χ2n) is 14.4. The summed E-state index contributed by atoms with van der Waals surface area (Å²) in [6, 6.07) is 29.4. The Hall–Kier alpha value is -2.00. The second-order valence-corrected chi connectivity index (χ2v) is 19.5. The molecule has 0 saturated heterocycles. The van der Waals surface area contributed by atoms with Crippen molar-refractivity contribution in [2.24, 2.45) is 5.92 Å². The third-order valence-electron chi connectivity index (χ3n) is 9.74. The van der Waals surface area contributed by atoms with E-state index in [4.69, 9.17) is 0 Å². The predicted molar refractivity (Wildman–Crippen MR) is 222 cm³/mol. The average Bonchev–Trinajstić information content (AvgIpc) is 3.68. The molecule has 0 aromatic heterocycles. The van der Waals surface area contributed by atoms with Crippen LogP contribution in [0.5, 0.6) is 0 Å². The van der Waals surface area contributed by atoms with Crippen molar-refractivity contribution in [3.8, 4) is 0 Å². The first-order valence-corrected chi connectivity index (χ1v) is 20.4. The number of aryl methyl sites for hydroxylation is 8. The monoisotopic (exact) mass is 732 g/mol. The minimum absolute atomic E-state index is 0. The molecule has 4 aromatic rings. The van der Waals surface area contributed by atoms with Gasteiger partial charge < -0.3 is 14.9 Å². The van der Waals surface area contributed by atoms with Crippen molar-refractivity contribution in [2.45, 2.75) is 112 Å². The molecule has 49 heavy (non-hydrogen) atoms. The average molecular weight is 733 g/mol. The normalized spacial score (nSPS) is 17.1. The number of allylic oxidation sites excluding steroid dienone is 2. The number of hydrogen-bond acceptors (Lipinski definition) is 0. The number of rotatable bonds is 7. The van der Waals surface area contributed by atoms with E-state index in [9.17, 15) is 0 Å². The third kappa shape index (κ3) is 11.2. The summed E-state index contributed by atoms with van der Waals surface area (Å²) in [4.78, 5) is 0. The minimum atomic E-state index is -0.492. The van der Waals surface area contributed by atoms with Gasteiger partial charge in [0.05, 0.1) is 0 Å². The van der Waals surface area contributed by atoms with Crippen LogP contribution in [0.25, 0.3) is 0 Å². The van der Waals surface area contributed by atoms with Crippen molar-refractivity contribution in [2.75, 3.05) is 0 Å². The predicted octanol–water partition coefficient (Wildman–Crippen LogP) is 11.9. The van der Waals surface area contributed by atoms with E-state index in [-0.39, 0.29) is 31.9 Å². The first-order valence-electron chi connectivity index (χ1n) is 17.5. The van der Waals surface area contributed by atoms with Crippen LogP contribution < -0.4 is 21.2 Å². The molecule has 0 heterocycles. The van der Waals surface area contributed by atoms with Gasteiger partial charge in [-0.05, 0) is 142 Å². The van der Waals surface area contributed by atoms with Crippen molar-refractivity contribution < 1.29 is 17.1 Å². The molecule has 2 aliphatic rings. The molecule has 0 N–H and O–H groups in total. The number of hydrogen-bond donors (Lipinski definition) is 0. The van der Waals surface area contributed by atoms with E-state index in [0.717, 1.165) is 0 Å². The van der Waals surface area contributed by atoms with E-state index in [1.165, 1.54) is 83.0 Å². The molecule has 1 fully saturated rings. The van der Waals surface area contributed by atoms with Crippen LogP contribution in [0.2, 0.25) is 0 Å². The van der Waals surface area contributed by atoms with Crippen molar-refractivity contribution in [3.05, 3.63) is 144 Å². The van der Waals surface area contributed by atoms with E-state index >= 15 is 0 Å². The zero-order valence-corrected chi connectivity index (χ0v) is 35.2. The summed E-state index contributed by atoms with van der Waals surface area (Å²) < 4.78 is 0. The molecular formula is C46H62FeP2. The van der Waals surface area contributed by atoms with Gasteiger partial charge in [0, 0.05) is 0 Å².